The van der Waals surface area contributed by atoms with Gasteiger partial charge in [-0.2, -0.15) is 0 Å². The summed E-state index contributed by atoms with van der Waals surface area (Å²) in [5.41, 5.74) is 4.75. The zero-order valence-corrected chi connectivity index (χ0v) is 20.2. The highest BCUT2D eigenvalue weighted by atomic mass is 16.5. The number of pyridine rings is 1. The van der Waals surface area contributed by atoms with Crippen molar-refractivity contribution < 1.29 is 18.8 Å². The first-order valence-electron chi connectivity index (χ1n) is 12.1. The predicted octanol–water partition coefficient (Wildman–Crippen LogP) is 2.72. The van der Waals surface area contributed by atoms with Gasteiger partial charge in [0.2, 0.25) is 5.91 Å². The van der Waals surface area contributed by atoms with E-state index in [1.54, 1.807) is 19.3 Å². The van der Waals surface area contributed by atoms with E-state index in [9.17, 15) is 9.59 Å². The number of aromatic nitrogens is 4. The lowest BCUT2D eigenvalue weighted by molar-refractivity contribution is -0.121. The Bertz CT molecular complexity index is 1490. The fourth-order valence-electron chi connectivity index (χ4n) is 5.14. The van der Waals surface area contributed by atoms with Gasteiger partial charge in [-0.05, 0) is 44.0 Å². The van der Waals surface area contributed by atoms with Gasteiger partial charge < -0.3 is 24.0 Å². The Morgan fingerprint density at radius 2 is 2.11 bits per heavy atom. The lowest BCUT2D eigenvalue weighted by Gasteiger charge is -2.37. The summed E-state index contributed by atoms with van der Waals surface area (Å²) in [7, 11) is 0. The van der Waals surface area contributed by atoms with E-state index in [0.29, 0.717) is 60.6 Å². The predicted molar refractivity (Wildman–Crippen MR) is 130 cm³/mol. The number of fused-ring (bicyclic) bond motifs is 4. The van der Waals surface area contributed by atoms with Crippen LogP contribution in [0.15, 0.2) is 41.2 Å². The molecule has 2 aliphatic heterocycles. The third-order valence-electron chi connectivity index (χ3n) is 6.75. The summed E-state index contributed by atoms with van der Waals surface area (Å²) in [6, 6.07) is 9.14. The smallest absolute Gasteiger partial charge is 0.258 e. The molecule has 10 heteroatoms. The van der Waals surface area contributed by atoms with Crippen molar-refractivity contribution in [3.63, 3.8) is 0 Å². The molecule has 0 saturated heterocycles. The monoisotopic (exact) mass is 486 g/mol. The van der Waals surface area contributed by atoms with Crippen LogP contribution in [-0.4, -0.2) is 56.1 Å². The highest BCUT2D eigenvalue weighted by molar-refractivity contribution is 6.06. The molecular formula is C26H26N6O4. The molecule has 2 bridgehead atoms. The molecule has 4 aromatic rings. The molecule has 1 unspecified atom stereocenters. The molecule has 1 aromatic carbocycles. The van der Waals surface area contributed by atoms with Crippen LogP contribution in [0.3, 0.4) is 0 Å². The average molecular weight is 487 g/mol. The van der Waals surface area contributed by atoms with Gasteiger partial charge in [0.25, 0.3) is 11.6 Å². The largest absolute Gasteiger partial charge is 0.494 e. The molecule has 6 rings (SSSR count). The summed E-state index contributed by atoms with van der Waals surface area (Å²) in [5, 5.41) is 7.60. The Morgan fingerprint density at radius 1 is 1.22 bits per heavy atom. The highest BCUT2D eigenvalue weighted by Gasteiger charge is 2.37. The van der Waals surface area contributed by atoms with Gasteiger partial charge >= 0.3 is 0 Å². The molecule has 0 radical (unpaired) electrons. The number of amides is 2. The summed E-state index contributed by atoms with van der Waals surface area (Å²) >= 11 is 0. The Morgan fingerprint density at radius 3 is 3.00 bits per heavy atom. The second-order valence-corrected chi connectivity index (χ2v) is 9.24. The number of rotatable bonds is 1. The topological polar surface area (TPSA) is 115 Å². The van der Waals surface area contributed by atoms with Gasteiger partial charge in [0.15, 0.2) is 0 Å². The normalized spacial score (nSPS) is 17.9. The first-order valence-corrected chi connectivity index (χ1v) is 12.1. The molecule has 0 saturated carbocycles. The fourth-order valence-corrected chi connectivity index (χ4v) is 5.14. The summed E-state index contributed by atoms with van der Waals surface area (Å²) in [6.07, 6.45) is 2.98. The van der Waals surface area contributed by atoms with E-state index in [1.807, 2.05) is 40.7 Å². The van der Waals surface area contributed by atoms with Crippen LogP contribution in [0.5, 0.6) is 5.75 Å². The first-order chi connectivity index (χ1) is 17.5. The van der Waals surface area contributed by atoms with Gasteiger partial charge in [0, 0.05) is 25.2 Å². The SMILES string of the molecule is Cc1cc(C(=O)N2CCc3ncn4c3C2c2cccc(c2)OCCCNC(=O)C4)c2c(C)noc2n1. The van der Waals surface area contributed by atoms with Crippen molar-refractivity contribution in [2.45, 2.75) is 39.3 Å². The molecule has 5 heterocycles. The van der Waals surface area contributed by atoms with Crippen molar-refractivity contribution in [2.24, 2.45) is 0 Å². The van der Waals surface area contributed by atoms with Gasteiger partial charge in [-0.1, -0.05) is 17.3 Å². The first kappa shape index (κ1) is 22.3. The quantitative estimate of drug-likeness (QED) is 0.440. The third kappa shape index (κ3) is 3.78. The molecule has 184 valence electrons. The molecule has 2 amide bonds. The summed E-state index contributed by atoms with van der Waals surface area (Å²) in [4.78, 5) is 37.8. The number of benzene rings is 1. The lowest BCUT2D eigenvalue weighted by atomic mass is 9.93. The minimum absolute atomic E-state index is 0.102. The van der Waals surface area contributed by atoms with E-state index < -0.39 is 6.04 Å². The molecule has 1 atom stereocenters. The number of imidazole rings is 1. The molecule has 0 fully saturated rings. The van der Waals surface area contributed by atoms with Crippen LogP contribution in [0.4, 0.5) is 0 Å². The standard InChI is InChI=1S/C26H26N6O4/c1-15-11-19(22-16(2)30-36-25(22)29-15)26(34)32-9-7-20-24-23(32)17-5-3-6-18(12-17)35-10-4-8-27-21(33)13-31(24)14-28-20/h3,5-6,11-12,14,23H,4,7-10,13H2,1-2H3,(H,27,33). The van der Waals surface area contributed by atoms with E-state index in [1.165, 1.54) is 0 Å². The van der Waals surface area contributed by atoms with Crippen LogP contribution in [0.1, 0.15) is 51.2 Å². The van der Waals surface area contributed by atoms with Gasteiger partial charge in [-0.15, -0.1) is 0 Å². The number of ether oxygens (including phenoxy) is 1. The maximum atomic E-state index is 14.2. The van der Waals surface area contributed by atoms with Crippen molar-refractivity contribution in [1.82, 2.24) is 29.9 Å². The number of nitrogens with one attached hydrogen (secondary N) is 1. The van der Waals surface area contributed by atoms with Crippen molar-refractivity contribution in [3.8, 4) is 5.75 Å². The zero-order valence-electron chi connectivity index (χ0n) is 20.2. The number of hydrogen-bond donors (Lipinski definition) is 1. The molecule has 36 heavy (non-hydrogen) atoms. The lowest BCUT2D eigenvalue weighted by Crippen LogP contribution is -2.42. The fraction of sp³-hybridized carbons (Fsp3) is 0.346. The highest BCUT2D eigenvalue weighted by Crippen LogP contribution is 2.38. The zero-order chi connectivity index (χ0) is 24.8. The maximum Gasteiger partial charge on any atom is 0.258 e. The molecular weight excluding hydrogens is 460 g/mol. The van der Waals surface area contributed by atoms with Crippen molar-refractivity contribution >= 4 is 22.9 Å². The van der Waals surface area contributed by atoms with E-state index in [4.69, 9.17) is 9.26 Å². The van der Waals surface area contributed by atoms with Gasteiger partial charge in [-0.25, -0.2) is 9.97 Å². The van der Waals surface area contributed by atoms with E-state index in [-0.39, 0.29) is 18.4 Å². The van der Waals surface area contributed by atoms with Crippen LogP contribution in [0.25, 0.3) is 11.1 Å². The number of nitrogens with zero attached hydrogens (tertiary/aromatic N) is 5. The van der Waals surface area contributed by atoms with Crippen molar-refractivity contribution in [1.29, 1.82) is 0 Å². The summed E-state index contributed by atoms with van der Waals surface area (Å²) < 4.78 is 13.2. The average Bonchev–Trinajstić information content (AvgIpc) is 3.45. The van der Waals surface area contributed by atoms with Crippen molar-refractivity contribution in [2.75, 3.05) is 19.7 Å². The van der Waals surface area contributed by atoms with E-state index in [2.05, 4.69) is 20.4 Å². The third-order valence-corrected chi connectivity index (χ3v) is 6.75. The molecule has 3 aromatic heterocycles. The second kappa shape index (κ2) is 8.78. The Kier molecular flexibility index (Phi) is 5.43. The maximum absolute atomic E-state index is 14.2. The molecule has 10 nitrogen and oxygen atoms in total. The Hall–Kier alpha value is -4.21. The number of carbonyl (C=O) groups is 2. The van der Waals surface area contributed by atoms with Gasteiger partial charge in [0.1, 0.15) is 12.3 Å². The second-order valence-electron chi connectivity index (χ2n) is 9.24. The summed E-state index contributed by atoms with van der Waals surface area (Å²) in [5.74, 6) is 0.468. The van der Waals surface area contributed by atoms with Crippen LogP contribution in [0, 0.1) is 13.8 Å². The van der Waals surface area contributed by atoms with Crippen LogP contribution < -0.4 is 10.1 Å². The minimum atomic E-state index is -0.454. The van der Waals surface area contributed by atoms with Crippen LogP contribution >= 0.6 is 0 Å². The van der Waals surface area contributed by atoms with E-state index >= 15 is 0 Å². The Balaban J connectivity index is 1.52. The number of carbonyl (C=O) groups excluding carboxylic acids is 2. The molecule has 0 aliphatic carbocycles. The minimum Gasteiger partial charge on any atom is -0.494 e. The molecule has 1 N–H and O–H groups in total. The van der Waals surface area contributed by atoms with E-state index in [0.717, 1.165) is 22.7 Å². The number of hydrogen-bond acceptors (Lipinski definition) is 7. The summed E-state index contributed by atoms with van der Waals surface area (Å²) in [6.45, 7) is 5.25. The Labute approximate surface area is 207 Å². The number of aryl methyl sites for hydroxylation is 2. The van der Waals surface area contributed by atoms with Crippen LogP contribution in [0.2, 0.25) is 0 Å². The molecule has 0 spiro atoms. The van der Waals surface area contributed by atoms with Crippen LogP contribution in [-0.2, 0) is 17.8 Å². The molecule has 2 aliphatic rings. The van der Waals surface area contributed by atoms with Gasteiger partial charge in [-0.3, -0.25) is 9.59 Å². The van der Waals surface area contributed by atoms with Crippen molar-refractivity contribution in [3.05, 3.63) is 70.6 Å². The van der Waals surface area contributed by atoms with Gasteiger partial charge in [0.05, 0.1) is 47.0 Å².